The Labute approximate surface area is 182 Å². The molecule has 0 unspecified atom stereocenters. The van der Waals surface area contributed by atoms with Gasteiger partial charge in [0.25, 0.3) is 0 Å². The van der Waals surface area contributed by atoms with E-state index in [0.717, 1.165) is 10.7 Å². The molecule has 0 aliphatic carbocycles. The van der Waals surface area contributed by atoms with Gasteiger partial charge in [-0.3, -0.25) is 9.20 Å². The number of benzene rings is 1. The molecule has 1 saturated heterocycles. The molecule has 1 N–H and O–H groups in total. The summed E-state index contributed by atoms with van der Waals surface area (Å²) in [6.45, 7) is 0.858. The van der Waals surface area contributed by atoms with Gasteiger partial charge < -0.3 is 5.32 Å². The fourth-order valence-corrected chi connectivity index (χ4v) is 6.28. The number of carbonyl (C=O) groups is 1. The molecule has 4 rings (SSSR count). The molecule has 3 heterocycles. The van der Waals surface area contributed by atoms with Crippen molar-refractivity contribution in [1.82, 2.24) is 19.0 Å². The molecule has 1 aliphatic rings. The maximum absolute atomic E-state index is 12.9. The van der Waals surface area contributed by atoms with Crippen LogP contribution in [-0.4, -0.2) is 41.1 Å². The molecule has 1 amide bonds. The second-order valence-corrected chi connectivity index (χ2v) is 10.4. The van der Waals surface area contributed by atoms with Gasteiger partial charge in [-0.25, -0.2) is 13.4 Å². The smallest absolute Gasteiger partial charge is 0.244 e. The van der Waals surface area contributed by atoms with E-state index in [-0.39, 0.29) is 34.8 Å². The van der Waals surface area contributed by atoms with Crippen LogP contribution < -0.4 is 5.32 Å². The number of hydrogen-bond acceptors (Lipinski definition) is 5. The van der Waals surface area contributed by atoms with Crippen LogP contribution in [0.5, 0.6) is 0 Å². The van der Waals surface area contributed by atoms with Gasteiger partial charge in [-0.05, 0) is 31.0 Å². The summed E-state index contributed by atoms with van der Waals surface area (Å²) >= 11 is 13.5. The van der Waals surface area contributed by atoms with E-state index < -0.39 is 10.0 Å². The highest BCUT2D eigenvalue weighted by molar-refractivity contribution is 7.89. The number of piperidine rings is 1. The Balaban J connectivity index is 1.35. The first kappa shape index (κ1) is 20.6. The predicted octanol–water partition coefficient (Wildman–Crippen LogP) is 3.42. The van der Waals surface area contributed by atoms with E-state index in [0.29, 0.717) is 24.4 Å². The van der Waals surface area contributed by atoms with Gasteiger partial charge in [0.2, 0.25) is 15.9 Å². The average Bonchev–Trinajstić information content (AvgIpc) is 3.30. The zero-order chi connectivity index (χ0) is 20.6. The number of amides is 1. The van der Waals surface area contributed by atoms with Gasteiger partial charge in [-0.1, -0.05) is 23.2 Å². The SMILES string of the molecule is O=C(NCc1cn2ccsc2n1)C1CCN(S(=O)(=O)c2cc(Cl)ccc2Cl)CC1. The number of sulfonamides is 1. The number of hydrogen-bond donors (Lipinski definition) is 1. The molecule has 154 valence electrons. The molecule has 11 heteroatoms. The molecule has 2 aromatic heterocycles. The van der Waals surface area contributed by atoms with E-state index in [9.17, 15) is 13.2 Å². The Hall–Kier alpha value is -1.65. The number of rotatable bonds is 5. The topological polar surface area (TPSA) is 83.8 Å². The van der Waals surface area contributed by atoms with E-state index in [1.807, 2.05) is 22.2 Å². The Morgan fingerprint density at radius 2 is 2.03 bits per heavy atom. The lowest BCUT2D eigenvalue weighted by Gasteiger charge is -2.30. The van der Waals surface area contributed by atoms with Crippen LogP contribution in [0.2, 0.25) is 10.0 Å². The third-order valence-electron chi connectivity index (χ3n) is 4.92. The van der Waals surface area contributed by atoms with E-state index in [1.54, 1.807) is 6.07 Å². The van der Waals surface area contributed by atoms with Crippen molar-refractivity contribution in [3.8, 4) is 0 Å². The number of imidazole rings is 1. The monoisotopic (exact) mass is 472 g/mol. The number of nitrogens with zero attached hydrogens (tertiary/aromatic N) is 3. The normalized spacial score (nSPS) is 16.3. The van der Waals surface area contributed by atoms with E-state index in [4.69, 9.17) is 23.2 Å². The lowest BCUT2D eigenvalue weighted by molar-refractivity contribution is -0.126. The molecule has 29 heavy (non-hydrogen) atoms. The van der Waals surface area contributed by atoms with Crippen molar-refractivity contribution in [3.05, 3.63) is 51.7 Å². The molecule has 3 aromatic rings. The standard InChI is InChI=1S/C18H18Cl2N4O3S2/c19-13-1-2-15(20)16(9-13)29(26,27)24-5-3-12(4-6-24)17(25)21-10-14-11-23-7-8-28-18(23)22-14/h1-2,7-9,11-12H,3-6,10H2,(H,21,25). The highest BCUT2D eigenvalue weighted by atomic mass is 35.5. The van der Waals surface area contributed by atoms with Gasteiger partial charge in [0, 0.05) is 41.8 Å². The maximum atomic E-state index is 12.9. The summed E-state index contributed by atoms with van der Waals surface area (Å²) in [5, 5.41) is 5.29. The number of thiazole rings is 1. The van der Waals surface area contributed by atoms with Crippen LogP contribution in [0.15, 0.2) is 40.9 Å². The quantitative estimate of drug-likeness (QED) is 0.616. The van der Waals surface area contributed by atoms with Crippen LogP contribution in [0, 0.1) is 5.92 Å². The van der Waals surface area contributed by atoms with Crippen molar-refractivity contribution < 1.29 is 13.2 Å². The van der Waals surface area contributed by atoms with Gasteiger partial charge in [0.1, 0.15) is 4.90 Å². The highest BCUT2D eigenvalue weighted by Gasteiger charge is 2.33. The number of aromatic nitrogens is 2. The molecule has 7 nitrogen and oxygen atoms in total. The largest absolute Gasteiger partial charge is 0.350 e. The van der Waals surface area contributed by atoms with Crippen molar-refractivity contribution in [2.45, 2.75) is 24.3 Å². The summed E-state index contributed by atoms with van der Waals surface area (Å²) in [5.74, 6) is -0.320. The molecule has 1 fully saturated rings. The van der Waals surface area contributed by atoms with E-state index in [1.165, 1.54) is 27.8 Å². The van der Waals surface area contributed by atoms with Gasteiger partial charge in [0.15, 0.2) is 4.96 Å². The number of fused-ring (bicyclic) bond motifs is 1. The van der Waals surface area contributed by atoms with Gasteiger partial charge in [-0.2, -0.15) is 4.31 Å². The summed E-state index contributed by atoms with van der Waals surface area (Å²) in [5.41, 5.74) is 0.792. The van der Waals surface area contributed by atoms with Crippen LogP contribution in [0.25, 0.3) is 4.96 Å². The number of carbonyl (C=O) groups excluding carboxylic acids is 1. The molecule has 1 aliphatic heterocycles. The molecule has 1 aromatic carbocycles. The number of nitrogens with one attached hydrogen (secondary N) is 1. The lowest BCUT2D eigenvalue weighted by Crippen LogP contribution is -2.42. The Bertz CT molecular complexity index is 1120. The average molecular weight is 473 g/mol. The molecule has 0 bridgehead atoms. The fourth-order valence-electron chi connectivity index (χ4n) is 3.36. The van der Waals surface area contributed by atoms with Crippen molar-refractivity contribution in [2.75, 3.05) is 13.1 Å². The van der Waals surface area contributed by atoms with E-state index >= 15 is 0 Å². The molecular formula is C18H18Cl2N4O3S2. The van der Waals surface area contributed by atoms with Crippen LogP contribution in [0.1, 0.15) is 18.5 Å². The maximum Gasteiger partial charge on any atom is 0.244 e. The second kappa shape index (κ2) is 8.23. The zero-order valence-electron chi connectivity index (χ0n) is 15.2. The summed E-state index contributed by atoms with van der Waals surface area (Å²) in [6, 6.07) is 4.37. The summed E-state index contributed by atoms with van der Waals surface area (Å²) < 4.78 is 29.0. The first-order valence-electron chi connectivity index (χ1n) is 8.98. The molecular weight excluding hydrogens is 455 g/mol. The zero-order valence-corrected chi connectivity index (χ0v) is 18.4. The Morgan fingerprint density at radius 1 is 1.28 bits per heavy atom. The Kier molecular flexibility index (Phi) is 5.85. The molecule has 0 atom stereocenters. The fraction of sp³-hybridized carbons (Fsp3) is 0.333. The van der Waals surface area contributed by atoms with Crippen molar-refractivity contribution in [1.29, 1.82) is 0 Å². The highest BCUT2D eigenvalue weighted by Crippen LogP contribution is 2.30. The van der Waals surface area contributed by atoms with E-state index in [2.05, 4.69) is 10.3 Å². The van der Waals surface area contributed by atoms with Gasteiger partial charge in [-0.15, -0.1) is 11.3 Å². The summed E-state index contributed by atoms with van der Waals surface area (Å²) in [7, 11) is -3.75. The molecule has 0 radical (unpaired) electrons. The van der Waals surface area contributed by atoms with Crippen molar-refractivity contribution >= 4 is 55.4 Å². The minimum Gasteiger partial charge on any atom is -0.350 e. The molecule has 0 spiro atoms. The first-order chi connectivity index (χ1) is 13.8. The van der Waals surface area contributed by atoms with Crippen molar-refractivity contribution in [3.63, 3.8) is 0 Å². The third kappa shape index (κ3) is 4.29. The van der Waals surface area contributed by atoms with Crippen LogP contribution in [-0.2, 0) is 21.4 Å². The Morgan fingerprint density at radius 3 is 2.76 bits per heavy atom. The predicted molar refractivity (Wildman–Crippen MR) is 113 cm³/mol. The minimum atomic E-state index is -3.75. The third-order valence-corrected chi connectivity index (χ3v) is 8.31. The minimum absolute atomic E-state index is 0.00526. The second-order valence-electron chi connectivity index (χ2n) is 6.80. The van der Waals surface area contributed by atoms with Crippen LogP contribution >= 0.6 is 34.5 Å². The van der Waals surface area contributed by atoms with Gasteiger partial charge in [0.05, 0.1) is 17.3 Å². The first-order valence-corrected chi connectivity index (χ1v) is 12.1. The summed E-state index contributed by atoms with van der Waals surface area (Å²) in [6.07, 6.45) is 4.69. The lowest BCUT2D eigenvalue weighted by atomic mass is 9.97. The van der Waals surface area contributed by atoms with Crippen molar-refractivity contribution in [2.24, 2.45) is 5.92 Å². The van der Waals surface area contributed by atoms with Crippen LogP contribution in [0.3, 0.4) is 0 Å². The molecule has 0 saturated carbocycles. The van der Waals surface area contributed by atoms with Crippen LogP contribution in [0.4, 0.5) is 0 Å². The number of halogens is 2. The summed E-state index contributed by atoms with van der Waals surface area (Å²) in [4.78, 5) is 17.8. The van der Waals surface area contributed by atoms with Gasteiger partial charge >= 0.3 is 0 Å².